The van der Waals surface area contributed by atoms with Crippen molar-refractivity contribution in [2.45, 2.75) is 24.9 Å². The number of rotatable bonds is 5. The van der Waals surface area contributed by atoms with Gasteiger partial charge in [-0.2, -0.15) is 0 Å². The van der Waals surface area contributed by atoms with Crippen LogP contribution < -0.4 is 4.74 Å². The van der Waals surface area contributed by atoms with Gasteiger partial charge in [0.05, 0.1) is 7.11 Å². The van der Waals surface area contributed by atoms with Crippen molar-refractivity contribution in [2.24, 2.45) is 0 Å². The van der Waals surface area contributed by atoms with E-state index in [2.05, 4.69) is 22.0 Å². The summed E-state index contributed by atoms with van der Waals surface area (Å²) in [7, 11) is 1.41. The number of hydrogen-bond donors (Lipinski definition) is 2. The molecular formula is C27H27FN4O4. The Bertz CT molecular complexity index is 1420. The normalized spacial score (nSPS) is 23.6. The van der Waals surface area contributed by atoms with Gasteiger partial charge in [-0.25, -0.2) is 9.18 Å². The Kier molecular flexibility index (Phi) is 5.08. The summed E-state index contributed by atoms with van der Waals surface area (Å²) in [6.07, 6.45) is 4.43. The molecule has 0 bridgehead atoms. The highest BCUT2D eigenvalue weighted by atomic mass is 19.1. The summed E-state index contributed by atoms with van der Waals surface area (Å²) in [5, 5.41) is 11.0. The van der Waals surface area contributed by atoms with Crippen LogP contribution in [0.25, 0.3) is 10.9 Å². The molecule has 186 valence electrons. The monoisotopic (exact) mass is 490 g/mol. The first-order valence-electron chi connectivity index (χ1n) is 12.0. The van der Waals surface area contributed by atoms with E-state index < -0.39 is 17.4 Å². The molecule has 3 amide bonds. The minimum atomic E-state index is -1.14. The van der Waals surface area contributed by atoms with E-state index in [1.165, 1.54) is 18.1 Å². The number of phenols is 1. The average Bonchev–Trinajstić information content (AvgIpc) is 3.53. The van der Waals surface area contributed by atoms with Gasteiger partial charge < -0.3 is 14.8 Å². The lowest BCUT2D eigenvalue weighted by atomic mass is 9.81. The number of carbonyl (C=O) groups is 2. The number of H-pyrrole nitrogens is 1. The largest absolute Gasteiger partial charge is 0.508 e. The lowest BCUT2D eigenvalue weighted by Crippen LogP contribution is -2.53. The summed E-state index contributed by atoms with van der Waals surface area (Å²) < 4.78 is 19.8. The fraction of sp³-hybridized carbons (Fsp3) is 0.333. The Morgan fingerprint density at radius 1 is 1.17 bits per heavy atom. The molecule has 2 N–H and O–H groups in total. The molecular weight excluding hydrogens is 463 g/mol. The number of aromatic hydroxyl groups is 1. The van der Waals surface area contributed by atoms with Crippen LogP contribution in [0, 0.1) is 5.82 Å². The second kappa shape index (κ2) is 8.09. The number of halogens is 1. The van der Waals surface area contributed by atoms with Crippen LogP contribution in [0.3, 0.4) is 0 Å². The van der Waals surface area contributed by atoms with E-state index in [9.17, 15) is 19.1 Å². The average molecular weight is 491 g/mol. The number of benzene rings is 2. The maximum atomic E-state index is 14.5. The summed E-state index contributed by atoms with van der Waals surface area (Å²) in [6, 6.07) is 8.68. The topological polar surface area (TPSA) is 89.1 Å². The molecule has 0 saturated carbocycles. The van der Waals surface area contributed by atoms with Crippen LogP contribution in [0.1, 0.15) is 29.8 Å². The third-order valence-corrected chi connectivity index (χ3v) is 7.66. The maximum absolute atomic E-state index is 14.5. The number of aromatic amines is 1. The minimum Gasteiger partial charge on any atom is -0.508 e. The molecule has 0 aliphatic carbocycles. The van der Waals surface area contributed by atoms with Crippen molar-refractivity contribution in [1.29, 1.82) is 0 Å². The zero-order chi connectivity index (χ0) is 25.2. The Labute approximate surface area is 207 Å². The van der Waals surface area contributed by atoms with Crippen LogP contribution >= 0.6 is 0 Å². The first kappa shape index (κ1) is 22.6. The molecule has 2 aromatic carbocycles. The molecule has 36 heavy (non-hydrogen) atoms. The van der Waals surface area contributed by atoms with E-state index in [0.717, 1.165) is 24.0 Å². The number of carbonyl (C=O) groups excluding carboxylic acids is 2. The number of aromatic nitrogens is 1. The van der Waals surface area contributed by atoms with Crippen LogP contribution in [0.5, 0.6) is 11.5 Å². The number of phenolic OH excluding ortho intramolecular Hbond substituents is 1. The van der Waals surface area contributed by atoms with Crippen LogP contribution in [-0.4, -0.2) is 75.6 Å². The predicted molar refractivity (Wildman–Crippen MR) is 131 cm³/mol. The highest BCUT2D eigenvalue weighted by Gasteiger charge is 2.60. The van der Waals surface area contributed by atoms with Crippen LogP contribution in [0.4, 0.5) is 9.18 Å². The molecule has 2 atom stereocenters. The van der Waals surface area contributed by atoms with Crippen molar-refractivity contribution in [1.82, 2.24) is 19.7 Å². The van der Waals surface area contributed by atoms with Gasteiger partial charge in [0.1, 0.15) is 17.3 Å². The number of ether oxygens (including phenoxy) is 1. The van der Waals surface area contributed by atoms with Crippen molar-refractivity contribution in [3.8, 4) is 11.5 Å². The molecule has 1 aromatic heterocycles. The van der Waals surface area contributed by atoms with Gasteiger partial charge >= 0.3 is 6.03 Å². The lowest BCUT2D eigenvalue weighted by Gasteiger charge is -2.42. The van der Waals surface area contributed by atoms with Gasteiger partial charge in [-0.3, -0.25) is 19.5 Å². The van der Waals surface area contributed by atoms with E-state index >= 15 is 0 Å². The van der Waals surface area contributed by atoms with Crippen LogP contribution in [0.15, 0.2) is 48.6 Å². The van der Waals surface area contributed by atoms with Gasteiger partial charge in [-0.15, -0.1) is 0 Å². The fourth-order valence-electron chi connectivity index (χ4n) is 5.86. The molecule has 2 unspecified atom stereocenters. The standard InChI is InChI=1S/C27H27FN4O4/c1-27-15-19-18-13-22(36-2)20(28)14-21(18)29-23(19)24(16-6-5-7-17(33)12-16)32(27)26(35)31(25(27)34)11-10-30-8-3-4-9-30/h3-7,12-14,24,29,33H,8-11,15H2,1-2H3. The Hall–Kier alpha value is -3.85. The molecule has 3 aliphatic heterocycles. The van der Waals surface area contributed by atoms with Crippen molar-refractivity contribution in [3.05, 3.63) is 71.2 Å². The lowest BCUT2D eigenvalue weighted by molar-refractivity contribution is -0.133. The summed E-state index contributed by atoms with van der Waals surface area (Å²) in [5.41, 5.74) is 1.62. The number of urea groups is 1. The molecule has 9 heteroatoms. The van der Waals surface area contributed by atoms with Crippen molar-refractivity contribution in [3.63, 3.8) is 0 Å². The van der Waals surface area contributed by atoms with Gasteiger partial charge in [0.25, 0.3) is 5.91 Å². The highest BCUT2D eigenvalue weighted by Crippen LogP contribution is 2.49. The van der Waals surface area contributed by atoms with E-state index in [0.29, 0.717) is 29.9 Å². The van der Waals surface area contributed by atoms with Gasteiger partial charge in [-0.05, 0) is 36.2 Å². The molecule has 6 rings (SSSR count). The zero-order valence-electron chi connectivity index (χ0n) is 20.1. The summed E-state index contributed by atoms with van der Waals surface area (Å²) in [6.45, 7) is 4.29. The first-order valence-corrected chi connectivity index (χ1v) is 12.0. The maximum Gasteiger partial charge on any atom is 0.328 e. The smallest absolute Gasteiger partial charge is 0.328 e. The SMILES string of the molecule is COc1cc2c3c([nH]c2cc1F)C(c1cccc(O)c1)N1C(=O)N(CCN2CC=CC2)C(=O)C1(C)C3. The molecule has 1 fully saturated rings. The fourth-order valence-corrected chi connectivity index (χ4v) is 5.86. The van der Waals surface area contributed by atoms with E-state index in [4.69, 9.17) is 4.74 Å². The summed E-state index contributed by atoms with van der Waals surface area (Å²) in [4.78, 5) is 36.2. The molecule has 3 aromatic rings. The van der Waals surface area contributed by atoms with Gasteiger partial charge in [0, 0.05) is 55.3 Å². The Morgan fingerprint density at radius 3 is 2.67 bits per heavy atom. The number of amides is 3. The molecule has 1 saturated heterocycles. The Balaban J connectivity index is 1.49. The zero-order valence-corrected chi connectivity index (χ0v) is 20.1. The van der Waals surface area contributed by atoms with Crippen molar-refractivity contribution >= 4 is 22.8 Å². The summed E-state index contributed by atoms with van der Waals surface area (Å²) in [5.74, 6) is -0.584. The second-order valence-corrected chi connectivity index (χ2v) is 9.84. The van der Waals surface area contributed by atoms with E-state index in [-0.39, 0.29) is 29.9 Å². The number of nitrogens with zero attached hydrogens (tertiary/aromatic N) is 3. The molecule has 3 aliphatic rings. The molecule has 0 spiro atoms. The summed E-state index contributed by atoms with van der Waals surface area (Å²) >= 11 is 0. The molecule has 0 radical (unpaired) electrons. The van der Waals surface area contributed by atoms with Crippen LogP contribution in [0.2, 0.25) is 0 Å². The van der Waals surface area contributed by atoms with Gasteiger partial charge in [0.2, 0.25) is 0 Å². The van der Waals surface area contributed by atoms with E-state index in [1.54, 1.807) is 36.1 Å². The van der Waals surface area contributed by atoms with E-state index in [1.807, 2.05) is 6.07 Å². The predicted octanol–water partition coefficient (Wildman–Crippen LogP) is 3.56. The minimum absolute atomic E-state index is 0.0570. The second-order valence-electron chi connectivity index (χ2n) is 9.84. The number of fused-ring (bicyclic) bond motifs is 4. The quantitative estimate of drug-likeness (QED) is 0.422. The number of nitrogens with one attached hydrogen (secondary N) is 1. The van der Waals surface area contributed by atoms with Crippen molar-refractivity contribution < 1.29 is 23.8 Å². The first-order chi connectivity index (χ1) is 17.3. The molecule has 4 heterocycles. The van der Waals surface area contributed by atoms with Gasteiger partial charge in [-0.1, -0.05) is 24.3 Å². The van der Waals surface area contributed by atoms with Gasteiger partial charge in [0.15, 0.2) is 11.6 Å². The number of imide groups is 1. The third kappa shape index (κ3) is 3.22. The molecule has 8 nitrogen and oxygen atoms in total. The number of methoxy groups -OCH3 is 1. The highest BCUT2D eigenvalue weighted by molar-refractivity contribution is 6.08. The Morgan fingerprint density at radius 2 is 1.94 bits per heavy atom. The van der Waals surface area contributed by atoms with Crippen LogP contribution in [-0.2, 0) is 11.2 Å². The third-order valence-electron chi connectivity index (χ3n) is 7.66. The van der Waals surface area contributed by atoms with Crippen molar-refractivity contribution in [2.75, 3.05) is 33.3 Å². The number of hydrogen-bond acceptors (Lipinski definition) is 5.